The molecule has 6 nitrogen and oxygen atoms in total. The van der Waals surface area contributed by atoms with Gasteiger partial charge < -0.3 is 15.3 Å². The van der Waals surface area contributed by atoms with Crippen LogP contribution >= 0.6 is 0 Å². The summed E-state index contributed by atoms with van der Waals surface area (Å²) in [6, 6.07) is -0.0229. The summed E-state index contributed by atoms with van der Waals surface area (Å²) in [5.74, 6) is -0.592. The topological polar surface area (TPSA) is 72.9 Å². The highest BCUT2D eigenvalue weighted by Crippen LogP contribution is 2.26. The van der Waals surface area contributed by atoms with Crippen molar-refractivity contribution in [3.05, 3.63) is 12.7 Å². The summed E-state index contributed by atoms with van der Waals surface area (Å²) in [6.45, 7) is 6.91. The van der Waals surface area contributed by atoms with E-state index in [-0.39, 0.29) is 11.9 Å². The third kappa shape index (κ3) is 4.04. The van der Waals surface area contributed by atoms with Crippen molar-refractivity contribution in [1.82, 2.24) is 15.1 Å². The van der Waals surface area contributed by atoms with E-state index >= 15 is 0 Å². The Bertz CT molecular complexity index is 392. The molecule has 2 heterocycles. The third-order valence-electron chi connectivity index (χ3n) is 4.43. The van der Waals surface area contributed by atoms with Crippen LogP contribution in [0.2, 0.25) is 0 Å². The van der Waals surface area contributed by atoms with Crippen molar-refractivity contribution in [1.29, 1.82) is 0 Å². The Morgan fingerprint density at radius 1 is 1.24 bits per heavy atom. The quantitative estimate of drug-likeness (QED) is 0.545. The van der Waals surface area contributed by atoms with E-state index in [9.17, 15) is 14.7 Å². The molecule has 21 heavy (non-hydrogen) atoms. The van der Waals surface area contributed by atoms with Gasteiger partial charge in [0.15, 0.2) is 0 Å². The number of amides is 1. The predicted octanol–water partition coefficient (Wildman–Crippen LogP) is 0.302. The summed E-state index contributed by atoms with van der Waals surface area (Å²) in [5, 5.41) is 12.3. The smallest absolute Gasteiger partial charge is 0.320 e. The Labute approximate surface area is 125 Å². The second-order valence-corrected chi connectivity index (χ2v) is 5.77. The molecular formula is C15H25N3O3. The number of likely N-dealkylation sites (tertiary alicyclic amines) is 2. The molecule has 2 fully saturated rings. The fourth-order valence-corrected chi connectivity index (χ4v) is 3.33. The molecule has 0 spiro atoms. The summed E-state index contributed by atoms with van der Waals surface area (Å²) in [6.07, 6.45) is 5.19. The highest BCUT2D eigenvalue weighted by Gasteiger charge is 2.37. The highest BCUT2D eigenvalue weighted by molar-refractivity contribution is 5.78. The first kappa shape index (κ1) is 16.0. The van der Waals surface area contributed by atoms with Crippen LogP contribution in [0.4, 0.5) is 0 Å². The van der Waals surface area contributed by atoms with Crippen molar-refractivity contribution in [3.8, 4) is 0 Å². The Morgan fingerprint density at radius 2 is 1.95 bits per heavy atom. The van der Waals surface area contributed by atoms with Crippen molar-refractivity contribution in [2.45, 2.75) is 37.8 Å². The van der Waals surface area contributed by atoms with Gasteiger partial charge in [0.25, 0.3) is 0 Å². The molecule has 1 amide bonds. The van der Waals surface area contributed by atoms with Gasteiger partial charge in [-0.2, -0.15) is 0 Å². The lowest BCUT2D eigenvalue weighted by Gasteiger charge is -2.38. The molecule has 2 aliphatic rings. The minimum Gasteiger partial charge on any atom is -0.480 e. The molecule has 2 aliphatic heterocycles. The average Bonchev–Trinajstić information content (AvgIpc) is 2.97. The maximum absolute atomic E-state index is 12.0. The molecule has 0 aliphatic carbocycles. The number of carbonyl (C=O) groups excluding carboxylic acids is 1. The maximum atomic E-state index is 12.0. The van der Waals surface area contributed by atoms with Gasteiger partial charge in [0.1, 0.15) is 6.04 Å². The molecular weight excluding hydrogens is 270 g/mol. The summed E-state index contributed by atoms with van der Waals surface area (Å²) in [5.41, 5.74) is 0. The molecule has 0 bridgehead atoms. The van der Waals surface area contributed by atoms with Crippen LogP contribution in [0, 0.1) is 0 Å². The molecule has 0 aromatic carbocycles. The third-order valence-corrected chi connectivity index (χ3v) is 4.43. The van der Waals surface area contributed by atoms with Crippen LogP contribution in [0.25, 0.3) is 0 Å². The zero-order valence-corrected chi connectivity index (χ0v) is 12.5. The molecule has 0 aromatic heterocycles. The number of nitrogens with one attached hydrogen (secondary N) is 1. The Balaban J connectivity index is 1.79. The maximum Gasteiger partial charge on any atom is 0.320 e. The number of piperidine rings is 1. The minimum atomic E-state index is -0.709. The van der Waals surface area contributed by atoms with Crippen molar-refractivity contribution in [2.24, 2.45) is 0 Å². The molecule has 0 aromatic rings. The Hall–Kier alpha value is -1.40. The number of hydrogen-bond acceptors (Lipinski definition) is 4. The van der Waals surface area contributed by atoms with E-state index in [1.807, 2.05) is 4.90 Å². The highest BCUT2D eigenvalue weighted by atomic mass is 16.4. The van der Waals surface area contributed by atoms with Crippen LogP contribution in [-0.2, 0) is 9.59 Å². The average molecular weight is 295 g/mol. The number of hydrogen-bond donors (Lipinski definition) is 2. The fraction of sp³-hybridized carbons (Fsp3) is 0.733. The van der Waals surface area contributed by atoms with Gasteiger partial charge in [-0.05, 0) is 32.2 Å². The van der Waals surface area contributed by atoms with E-state index in [1.54, 1.807) is 6.08 Å². The van der Waals surface area contributed by atoms with Crippen molar-refractivity contribution in [2.75, 3.05) is 32.7 Å². The van der Waals surface area contributed by atoms with E-state index in [0.29, 0.717) is 19.1 Å². The molecule has 2 rings (SSSR count). The van der Waals surface area contributed by atoms with E-state index in [0.717, 1.165) is 45.3 Å². The largest absolute Gasteiger partial charge is 0.480 e. The zero-order valence-electron chi connectivity index (χ0n) is 12.5. The second kappa shape index (κ2) is 7.56. The minimum absolute atomic E-state index is 0.117. The van der Waals surface area contributed by atoms with Gasteiger partial charge >= 0.3 is 5.97 Å². The number of rotatable bonds is 6. The van der Waals surface area contributed by atoms with E-state index in [4.69, 9.17) is 0 Å². The van der Waals surface area contributed by atoms with Crippen LogP contribution in [-0.4, -0.2) is 71.6 Å². The van der Waals surface area contributed by atoms with Gasteiger partial charge in [-0.1, -0.05) is 6.08 Å². The van der Waals surface area contributed by atoms with Crippen LogP contribution in [0.5, 0.6) is 0 Å². The van der Waals surface area contributed by atoms with Crippen molar-refractivity contribution < 1.29 is 14.7 Å². The van der Waals surface area contributed by atoms with Crippen LogP contribution in [0.15, 0.2) is 12.7 Å². The monoisotopic (exact) mass is 295 g/mol. The van der Waals surface area contributed by atoms with Gasteiger partial charge in [-0.15, -0.1) is 6.58 Å². The van der Waals surface area contributed by atoms with E-state index < -0.39 is 5.97 Å². The first-order valence-corrected chi connectivity index (χ1v) is 7.71. The van der Waals surface area contributed by atoms with Gasteiger partial charge in [-0.3, -0.25) is 14.5 Å². The lowest BCUT2D eigenvalue weighted by Crippen LogP contribution is -2.51. The zero-order chi connectivity index (χ0) is 15.2. The van der Waals surface area contributed by atoms with Crippen molar-refractivity contribution in [3.63, 3.8) is 0 Å². The standard InChI is InChI=1S/C15H25N3O3/c1-2-7-16-11-14(19)17-9-5-12(6-10-17)18-8-3-4-13(18)15(20)21/h2,12-13,16H,1,3-11H2,(H,20,21). The summed E-state index contributed by atoms with van der Waals surface area (Å²) in [7, 11) is 0. The van der Waals surface area contributed by atoms with Crippen molar-refractivity contribution >= 4 is 11.9 Å². The Kier molecular flexibility index (Phi) is 5.76. The SMILES string of the molecule is C=CCNCC(=O)N1CCC(N2CCCC2C(=O)O)CC1. The van der Waals surface area contributed by atoms with Crippen LogP contribution in [0.1, 0.15) is 25.7 Å². The number of nitrogens with zero attached hydrogens (tertiary/aromatic N) is 2. The predicted molar refractivity (Wildman–Crippen MR) is 80.0 cm³/mol. The molecule has 118 valence electrons. The number of carbonyl (C=O) groups is 2. The normalized spacial score (nSPS) is 24.2. The second-order valence-electron chi connectivity index (χ2n) is 5.77. The fourth-order valence-electron chi connectivity index (χ4n) is 3.33. The van der Waals surface area contributed by atoms with Crippen LogP contribution < -0.4 is 5.32 Å². The summed E-state index contributed by atoms with van der Waals surface area (Å²) < 4.78 is 0. The molecule has 0 saturated carbocycles. The first-order valence-electron chi connectivity index (χ1n) is 7.71. The lowest BCUT2D eigenvalue weighted by atomic mass is 10.0. The Morgan fingerprint density at radius 3 is 2.57 bits per heavy atom. The number of aliphatic carboxylic acids is 1. The molecule has 6 heteroatoms. The van der Waals surface area contributed by atoms with Gasteiger partial charge in [0, 0.05) is 25.7 Å². The van der Waals surface area contributed by atoms with Gasteiger partial charge in [0.05, 0.1) is 6.54 Å². The summed E-state index contributed by atoms with van der Waals surface area (Å²) >= 11 is 0. The number of carboxylic acids is 1. The first-order chi connectivity index (χ1) is 10.1. The number of carboxylic acid groups (broad SMARTS) is 1. The molecule has 0 radical (unpaired) electrons. The van der Waals surface area contributed by atoms with E-state index in [2.05, 4.69) is 16.8 Å². The molecule has 2 saturated heterocycles. The van der Waals surface area contributed by atoms with Crippen LogP contribution in [0.3, 0.4) is 0 Å². The molecule has 1 atom stereocenters. The molecule has 1 unspecified atom stereocenters. The van der Waals surface area contributed by atoms with E-state index in [1.165, 1.54) is 0 Å². The van der Waals surface area contributed by atoms with Gasteiger partial charge in [-0.25, -0.2) is 0 Å². The summed E-state index contributed by atoms with van der Waals surface area (Å²) in [4.78, 5) is 27.2. The lowest BCUT2D eigenvalue weighted by molar-refractivity contribution is -0.144. The molecule has 2 N–H and O–H groups in total. The van der Waals surface area contributed by atoms with Gasteiger partial charge in [0.2, 0.25) is 5.91 Å².